The molecule has 0 radical (unpaired) electrons. The molecule has 0 atom stereocenters. The lowest BCUT2D eigenvalue weighted by Gasteiger charge is -2.20. The lowest BCUT2D eigenvalue weighted by Crippen LogP contribution is -2.30. The van der Waals surface area contributed by atoms with E-state index < -0.39 is 0 Å². The second-order valence-corrected chi connectivity index (χ2v) is 5.96. The quantitative estimate of drug-likeness (QED) is 0.529. The van der Waals surface area contributed by atoms with Crippen molar-refractivity contribution in [3.05, 3.63) is 96.5 Å². The Bertz CT molecular complexity index is 997. The van der Waals surface area contributed by atoms with Crippen molar-refractivity contribution in [1.29, 1.82) is 0 Å². The number of para-hydroxylation sites is 1. The zero-order chi connectivity index (χ0) is 18.5. The van der Waals surface area contributed by atoms with Crippen LogP contribution >= 0.6 is 0 Å². The molecule has 0 saturated heterocycles. The van der Waals surface area contributed by atoms with E-state index in [0.29, 0.717) is 18.8 Å². The molecule has 0 N–H and O–H groups in total. The molecule has 0 aliphatic rings. The van der Waals surface area contributed by atoms with Gasteiger partial charge < -0.3 is 9.32 Å². The number of aromatic nitrogens is 4. The SMILES string of the molecule is O=C(c1cnn(-c2ccccc2)n1)N(Cc1cccnc1)Cc1ccco1. The van der Waals surface area contributed by atoms with Gasteiger partial charge in [0.25, 0.3) is 5.91 Å². The highest BCUT2D eigenvalue weighted by Gasteiger charge is 2.21. The van der Waals surface area contributed by atoms with Gasteiger partial charge in [-0.05, 0) is 35.9 Å². The minimum absolute atomic E-state index is 0.225. The number of carbonyl (C=O) groups excluding carboxylic acids is 1. The molecule has 0 aliphatic carbocycles. The van der Waals surface area contributed by atoms with E-state index >= 15 is 0 Å². The second kappa shape index (κ2) is 7.65. The fourth-order valence-electron chi connectivity index (χ4n) is 2.71. The molecule has 1 amide bonds. The number of nitrogens with zero attached hydrogens (tertiary/aromatic N) is 5. The van der Waals surface area contributed by atoms with Crippen molar-refractivity contribution in [1.82, 2.24) is 24.9 Å². The molecule has 0 bridgehead atoms. The van der Waals surface area contributed by atoms with Crippen LogP contribution in [0.15, 0.2) is 83.9 Å². The second-order valence-electron chi connectivity index (χ2n) is 5.96. The van der Waals surface area contributed by atoms with Crippen LogP contribution in [0.3, 0.4) is 0 Å². The van der Waals surface area contributed by atoms with Crippen LogP contribution in [0.4, 0.5) is 0 Å². The maximum absolute atomic E-state index is 13.1. The fourth-order valence-corrected chi connectivity index (χ4v) is 2.71. The van der Waals surface area contributed by atoms with Gasteiger partial charge in [0.05, 0.1) is 24.7 Å². The first-order chi connectivity index (χ1) is 13.3. The average molecular weight is 359 g/mol. The average Bonchev–Trinajstić information content (AvgIpc) is 3.41. The number of amides is 1. The van der Waals surface area contributed by atoms with Gasteiger partial charge in [0, 0.05) is 18.9 Å². The topological polar surface area (TPSA) is 77.1 Å². The van der Waals surface area contributed by atoms with Crippen LogP contribution in [0, 0.1) is 0 Å². The van der Waals surface area contributed by atoms with Gasteiger partial charge in [-0.1, -0.05) is 24.3 Å². The Morgan fingerprint density at radius 2 is 1.89 bits per heavy atom. The molecule has 134 valence electrons. The van der Waals surface area contributed by atoms with E-state index in [-0.39, 0.29) is 11.6 Å². The lowest BCUT2D eigenvalue weighted by atomic mass is 10.2. The summed E-state index contributed by atoms with van der Waals surface area (Å²) in [6.07, 6.45) is 6.51. The molecular weight excluding hydrogens is 342 g/mol. The molecule has 4 aromatic rings. The Labute approximate surface area is 155 Å². The zero-order valence-electron chi connectivity index (χ0n) is 14.5. The minimum atomic E-state index is -0.225. The number of rotatable bonds is 6. The van der Waals surface area contributed by atoms with Crippen molar-refractivity contribution >= 4 is 5.91 Å². The van der Waals surface area contributed by atoms with Gasteiger partial charge in [0.15, 0.2) is 5.69 Å². The summed E-state index contributed by atoms with van der Waals surface area (Å²) in [5, 5.41) is 8.56. The summed E-state index contributed by atoms with van der Waals surface area (Å²) in [5.41, 5.74) is 1.99. The summed E-state index contributed by atoms with van der Waals surface area (Å²) in [5.74, 6) is 0.472. The number of furan rings is 1. The molecule has 4 rings (SSSR count). The summed E-state index contributed by atoms with van der Waals surface area (Å²) in [4.78, 5) is 20.3. The lowest BCUT2D eigenvalue weighted by molar-refractivity contribution is 0.0711. The Morgan fingerprint density at radius 1 is 1.00 bits per heavy atom. The zero-order valence-corrected chi connectivity index (χ0v) is 14.5. The van der Waals surface area contributed by atoms with E-state index in [1.54, 1.807) is 29.6 Å². The molecule has 1 aromatic carbocycles. The highest BCUT2D eigenvalue weighted by Crippen LogP contribution is 2.14. The molecule has 27 heavy (non-hydrogen) atoms. The number of pyridine rings is 1. The normalized spacial score (nSPS) is 10.7. The van der Waals surface area contributed by atoms with Crippen LogP contribution in [-0.2, 0) is 13.1 Å². The number of hydrogen-bond donors (Lipinski definition) is 0. The van der Waals surface area contributed by atoms with E-state index in [2.05, 4.69) is 15.2 Å². The van der Waals surface area contributed by atoms with Gasteiger partial charge in [0.1, 0.15) is 5.76 Å². The highest BCUT2D eigenvalue weighted by molar-refractivity contribution is 5.91. The molecular formula is C20H17N5O2. The van der Waals surface area contributed by atoms with Crippen LogP contribution in [0.25, 0.3) is 5.69 Å². The third-order valence-corrected chi connectivity index (χ3v) is 4.01. The van der Waals surface area contributed by atoms with Gasteiger partial charge in [-0.2, -0.15) is 9.90 Å². The Balaban J connectivity index is 1.59. The van der Waals surface area contributed by atoms with E-state index in [4.69, 9.17) is 4.42 Å². The number of carbonyl (C=O) groups is 1. The first-order valence-corrected chi connectivity index (χ1v) is 8.48. The van der Waals surface area contributed by atoms with Crippen molar-refractivity contribution < 1.29 is 9.21 Å². The monoisotopic (exact) mass is 359 g/mol. The first-order valence-electron chi connectivity index (χ1n) is 8.48. The smallest absolute Gasteiger partial charge is 0.276 e. The van der Waals surface area contributed by atoms with E-state index in [0.717, 1.165) is 11.3 Å². The summed E-state index contributed by atoms with van der Waals surface area (Å²) in [7, 11) is 0. The maximum atomic E-state index is 13.1. The molecule has 7 nitrogen and oxygen atoms in total. The van der Waals surface area contributed by atoms with Crippen LogP contribution in [-0.4, -0.2) is 30.8 Å². The Kier molecular flexibility index (Phi) is 4.74. The molecule has 3 aromatic heterocycles. The molecule has 0 spiro atoms. The van der Waals surface area contributed by atoms with Gasteiger partial charge in [-0.15, -0.1) is 5.10 Å². The van der Waals surface area contributed by atoms with Gasteiger partial charge in [-0.3, -0.25) is 9.78 Å². The van der Waals surface area contributed by atoms with E-state index in [1.165, 1.54) is 11.0 Å². The van der Waals surface area contributed by atoms with Crippen molar-refractivity contribution in [2.45, 2.75) is 13.1 Å². The summed E-state index contributed by atoms with van der Waals surface area (Å²) in [6.45, 7) is 0.727. The molecule has 0 aliphatic heterocycles. The standard InChI is InChI=1S/C20H17N5O2/c26-20(19-13-22-25(23-19)17-7-2-1-3-8-17)24(15-18-9-5-11-27-18)14-16-6-4-10-21-12-16/h1-13H,14-15H2. The summed E-state index contributed by atoms with van der Waals surface area (Å²) in [6, 6.07) is 16.9. The van der Waals surface area contributed by atoms with Crippen molar-refractivity contribution in [3.8, 4) is 5.69 Å². The first kappa shape index (κ1) is 16.7. The van der Waals surface area contributed by atoms with Gasteiger partial charge in [0.2, 0.25) is 0 Å². The van der Waals surface area contributed by atoms with Crippen molar-refractivity contribution in [2.24, 2.45) is 0 Å². The fraction of sp³-hybridized carbons (Fsp3) is 0.100. The molecule has 0 fully saturated rings. The highest BCUT2D eigenvalue weighted by atomic mass is 16.3. The maximum Gasteiger partial charge on any atom is 0.276 e. The van der Waals surface area contributed by atoms with Crippen molar-refractivity contribution in [2.75, 3.05) is 0 Å². The molecule has 0 saturated carbocycles. The summed E-state index contributed by atoms with van der Waals surface area (Å²) < 4.78 is 5.41. The number of hydrogen-bond acceptors (Lipinski definition) is 5. The largest absolute Gasteiger partial charge is 0.467 e. The van der Waals surface area contributed by atoms with Crippen LogP contribution in [0.1, 0.15) is 21.8 Å². The minimum Gasteiger partial charge on any atom is -0.467 e. The van der Waals surface area contributed by atoms with E-state index in [1.807, 2.05) is 48.5 Å². The summed E-state index contributed by atoms with van der Waals surface area (Å²) >= 11 is 0. The number of benzene rings is 1. The third kappa shape index (κ3) is 3.92. The Hall–Kier alpha value is -3.74. The van der Waals surface area contributed by atoms with Crippen LogP contribution in [0.5, 0.6) is 0 Å². The Morgan fingerprint density at radius 3 is 2.63 bits per heavy atom. The van der Waals surface area contributed by atoms with Crippen LogP contribution < -0.4 is 0 Å². The predicted octanol–water partition coefficient (Wildman–Crippen LogP) is 3.10. The predicted molar refractivity (Wildman–Crippen MR) is 97.9 cm³/mol. The van der Waals surface area contributed by atoms with E-state index in [9.17, 15) is 4.79 Å². The van der Waals surface area contributed by atoms with Crippen molar-refractivity contribution in [3.63, 3.8) is 0 Å². The third-order valence-electron chi connectivity index (χ3n) is 4.01. The van der Waals surface area contributed by atoms with Crippen LogP contribution in [0.2, 0.25) is 0 Å². The molecule has 0 unspecified atom stereocenters. The molecule has 7 heteroatoms. The van der Waals surface area contributed by atoms with Gasteiger partial charge in [-0.25, -0.2) is 0 Å². The molecule has 3 heterocycles. The van der Waals surface area contributed by atoms with Gasteiger partial charge >= 0.3 is 0 Å².